The molecule has 1 aromatic heterocycles. The van der Waals surface area contributed by atoms with Crippen LogP contribution < -0.4 is 15.2 Å². The molecule has 17 heteroatoms. The Hall–Kier alpha value is -5.29. The molecule has 3 N–H and O–H groups in total. The van der Waals surface area contributed by atoms with Gasteiger partial charge in [0.1, 0.15) is 11.5 Å². The third-order valence-electron chi connectivity index (χ3n) is 6.32. The summed E-state index contributed by atoms with van der Waals surface area (Å²) in [4.78, 5) is 38.1. The number of hydrogen-bond acceptors (Lipinski definition) is 11. The Morgan fingerprint density at radius 2 is 1.87 bits per heavy atom. The quantitative estimate of drug-likeness (QED) is 0.0937. The molecule has 1 aliphatic heterocycles. The summed E-state index contributed by atoms with van der Waals surface area (Å²) in [6.07, 6.45) is 4.43. The lowest BCUT2D eigenvalue weighted by Gasteiger charge is -2.13. The molecule has 0 unspecified atom stereocenters. The van der Waals surface area contributed by atoms with Crippen molar-refractivity contribution >= 4 is 74.0 Å². The Morgan fingerprint density at radius 3 is 2.53 bits per heavy atom. The lowest BCUT2D eigenvalue weighted by atomic mass is 10.2. The number of nitrogens with zero attached hydrogens (tertiary/aromatic N) is 4. The van der Waals surface area contributed by atoms with Gasteiger partial charge in [0.25, 0.3) is 17.5 Å². The van der Waals surface area contributed by atoms with Crippen molar-refractivity contribution in [2.75, 3.05) is 11.9 Å². The van der Waals surface area contributed by atoms with E-state index >= 15 is 0 Å². The second-order valence-corrected chi connectivity index (χ2v) is 12.7. The van der Waals surface area contributed by atoms with Crippen LogP contribution in [0.4, 0.5) is 11.4 Å². The summed E-state index contributed by atoms with van der Waals surface area (Å²) < 4.78 is 34.1. The van der Waals surface area contributed by atoms with Gasteiger partial charge in [-0.2, -0.15) is 5.10 Å². The van der Waals surface area contributed by atoms with Crippen molar-refractivity contribution in [2.45, 2.75) is 11.4 Å². The summed E-state index contributed by atoms with van der Waals surface area (Å²) in [5, 5.41) is 27.5. The first-order chi connectivity index (χ1) is 22.5. The lowest BCUT2D eigenvalue weighted by Crippen LogP contribution is -2.28. The maximum atomic E-state index is 13.5. The molecule has 0 bridgehead atoms. The maximum absolute atomic E-state index is 13.5. The Bertz CT molecular complexity index is 2010. The monoisotopic (exact) mass is 694 g/mol. The molecular weight excluding hydrogens is 672 g/mol. The van der Waals surface area contributed by atoms with Crippen molar-refractivity contribution < 1.29 is 32.1 Å². The number of furan rings is 1. The number of non-ortho nitro benzene ring substituents is 1. The van der Waals surface area contributed by atoms with Gasteiger partial charge in [-0.3, -0.25) is 24.6 Å². The van der Waals surface area contributed by atoms with Gasteiger partial charge in [-0.25, -0.2) is 13.6 Å². The van der Waals surface area contributed by atoms with Crippen LogP contribution in [0, 0.1) is 10.1 Å². The minimum absolute atomic E-state index is 0.0630. The van der Waals surface area contributed by atoms with E-state index in [1.165, 1.54) is 65.9 Å². The molecule has 5 rings (SSSR count). The molecule has 47 heavy (non-hydrogen) atoms. The summed E-state index contributed by atoms with van der Waals surface area (Å²) in [6, 6.07) is 19.1. The molecule has 0 radical (unpaired) electrons. The average molecular weight is 695 g/mol. The third-order valence-corrected chi connectivity index (χ3v) is 8.48. The fourth-order valence-corrected chi connectivity index (χ4v) is 5.70. The highest BCUT2D eigenvalue weighted by molar-refractivity contribution is 8.18. The van der Waals surface area contributed by atoms with Gasteiger partial charge in [-0.05, 0) is 90.1 Å². The van der Waals surface area contributed by atoms with E-state index in [2.05, 4.69) is 15.5 Å². The summed E-state index contributed by atoms with van der Waals surface area (Å²) in [6.45, 7) is -0.343. The van der Waals surface area contributed by atoms with Gasteiger partial charge in [-0.15, -0.1) is 5.10 Å². The molecule has 1 saturated heterocycles. The third kappa shape index (κ3) is 8.71. The molecule has 0 atom stereocenters. The van der Waals surface area contributed by atoms with Crippen LogP contribution in [0.1, 0.15) is 16.9 Å². The SMILES string of the molecule is NS(=O)(=O)c1ccc(NC(=O)COc2ccc(Cl)cc2/C=C2\S/C(=N\N=C\c3ccc([N+](=O)[O-])cc3)N(Cc3ccco3)C2=O)cc1. The number of nitro groups is 1. The molecule has 1 aliphatic rings. The van der Waals surface area contributed by atoms with Crippen molar-refractivity contribution in [1.82, 2.24) is 4.90 Å². The molecule has 1 fully saturated rings. The summed E-state index contributed by atoms with van der Waals surface area (Å²) in [5.41, 5.74) is 1.24. The second-order valence-electron chi connectivity index (χ2n) is 9.65. The first-order valence-electron chi connectivity index (χ1n) is 13.4. The van der Waals surface area contributed by atoms with Gasteiger partial charge < -0.3 is 14.5 Å². The van der Waals surface area contributed by atoms with Crippen LogP contribution in [-0.2, 0) is 26.2 Å². The van der Waals surface area contributed by atoms with Gasteiger partial charge in [0.05, 0.1) is 33.7 Å². The van der Waals surface area contributed by atoms with Crippen molar-refractivity contribution in [1.29, 1.82) is 0 Å². The number of amides is 2. The molecule has 0 aliphatic carbocycles. The van der Waals surface area contributed by atoms with Gasteiger partial charge in [0, 0.05) is 28.4 Å². The average Bonchev–Trinajstić information content (AvgIpc) is 3.65. The number of anilines is 1. The van der Waals surface area contributed by atoms with Crippen LogP contribution in [-0.4, -0.2) is 48.0 Å². The zero-order valence-electron chi connectivity index (χ0n) is 24.0. The van der Waals surface area contributed by atoms with Gasteiger partial charge >= 0.3 is 0 Å². The van der Waals surface area contributed by atoms with Crippen LogP contribution in [0.25, 0.3) is 6.08 Å². The number of nitrogens with one attached hydrogen (secondary N) is 1. The summed E-state index contributed by atoms with van der Waals surface area (Å²) >= 11 is 7.29. The molecule has 3 aromatic carbocycles. The van der Waals surface area contributed by atoms with Crippen LogP contribution in [0.2, 0.25) is 5.02 Å². The zero-order valence-corrected chi connectivity index (χ0v) is 26.4. The predicted molar refractivity (Wildman–Crippen MR) is 176 cm³/mol. The Morgan fingerprint density at radius 1 is 1.13 bits per heavy atom. The van der Waals surface area contributed by atoms with Crippen LogP contribution in [0.3, 0.4) is 0 Å². The largest absolute Gasteiger partial charge is 0.483 e. The number of carbonyl (C=O) groups is 2. The van der Waals surface area contributed by atoms with Crippen molar-refractivity contribution in [3.05, 3.63) is 122 Å². The lowest BCUT2D eigenvalue weighted by molar-refractivity contribution is -0.384. The normalized spacial score (nSPS) is 15.1. The van der Waals surface area contributed by atoms with Crippen LogP contribution in [0.15, 0.2) is 110 Å². The van der Waals surface area contributed by atoms with Gasteiger partial charge in [-0.1, -0.05) is 11.6 Å². The van der Waals surface area contributed by atoms with Crippen LogP contribution in [0.5, 0.6) is 5.75 Å². The molecule has 2 amide bonds. The topological polar surface area (TPSA) is 200 Å². The number of sulfonamides is 1. The van der Waals surface area contributed by atoms with Crippen LogP contribution >= 0.6 is 23.4 Å². The number of hydrogen-bond donors (Lipinski definition) is 2. The number of amidine groups is 1. The zero-order chi connectivity index (χ0) is 33.6. The van der Waals surface area contributed by atoms with Gasteiger partial charge in [0.15, 0.2) is 11.8 Å². The number of rotatable bonds is 11. The predicted octanol–water partition coefficient (Wildman–Crippen LogP) is 5.01. The molecule has 0 spiro atoms. The van der Waals surface area contributed by atoms with E-state index in [4.69, 9.17) is 25.9 Å². The molecule has 2 heterocycles. The minimum Gasteiger partial charge on any atom is -0.483 e. The van der Waals surface area contributed by atoms with E-state index in [1.54, 1.807) is 36.4 Å². The Balaban J connectivity index is 1.34. The number of ether oxygens (including phenoxy) is 1. The number of nitro benzene ring substituents is 1. The summed E-state index contributed by atoms with van der Waals surface area (Å²) in [7, 11) is -3.88. The fourth-order valence-electron chi connectivity index (χ4n) is 4.08. The van der Waals surface area contributed by atoms with Crippen molar-refractivity contribution in [3.8, 4) is 5.75 Å². The number of carbonyl (C=O) groups excluding carboxylic acids is 2. The first-order valence-corrected chi connectivity index (χ1v) is 16.1. The Labute approximate surface area is 276 Å². The number of thioether (sulfide) groups is 1. The fraction of sp³-hybridized carbons (Fsp3) is 0.0667. The smallest absolute Gasteiger partial charge is 0.269 e. The van der Waals surface area contributed by atoms with E-state index in [1.807, 2.05) is 0 Å². The van der Waals surface area contributed by atoms with E-state index in [9.17, 15) is 28.1 Å². The second kappa shape index (κ2) is 14.4. The number of halogens is 1. The maximum Gasteiger partial charge on any atom is 0.269 e. The highest BCUT2D eigenvalue weighted by atomic mass is 35.5. The van der Waals surface area contributed by atoms with E-state index in [0.29, 0.717) is 27.6 Å². The number of primary sulfonamides is 1. The minimum atomic E-state index is -3.88. The summed E-state index contributed by atoms with van der Waals surface area (Å²) in [5.74, 6) is -0.168. The van der Waals surface area contributed by atoms with E-state index in [0.717, 1.165) is 11.8 Å². The number of benzene rings is 3. The highest BCUT2D eigenvalue weighted by Gasteiger charge is 2.34. The Kier molecular flexibility index (Phi) is 10.2. The standard InChI is InChI=1S/C30H23ClN6O8S2/c31-21-5-12-26(45-18-28(38)34-22-6-10-25(11-7-22)47(32,42)43)20(14-21)15-27-29(39)36(17-24-2-1-13-44-24)30(46-27)35-33-16-19-3-8-23(9-4-19)37(40)41/h1-16H,17-18H2,(H,34,38)(H2,32,42,43)/b27-15-,33-16+,35-30-. The first kappa shape index (κ1) is 33.1. The molecular formula is C30H23ClN6O8S2. The highest BCUT2D eigenvalue weighted by Crippen LogP contribution is 2.36. The van der Waals surface area contributed by atoms with Crippen molar-refractivity contribution in [3.63, 3.8) is 0 Å². The molecule has 4 aromatic rings. The molecule has 240 valence electrons. The number of nitrogens with two attached hydrogens (primary N) is 1. The van der Waals surface area contributed by atoms with Crippen molar-refractivity contribution in [2.24, 2.45) is 15.3 Å². The van der Waals surface area contributed by atoms with Gasteiger partial charge in [0.2, 0.25) is 10.0 Å². The molecule has 0 saturated carbocycles. The van der Waals surface area contributed by atoms with E-state index < -0.39 is 33.4 Å². The van der Waals surface area contributed by atoms with E-state index in [-0.39, 0.29) is 32.9 Å². The molecule has 14 nitrogen and oxygen atoms in total.